The second kappa shape index (κ2) is 4.09. The molecule has 0 aliphatic heterocycles. The van der Waals surface area contributed by atoms with E-state index in [-0.39, 0.29) is 18.4 Å². The predicted octanol–water partition coefficient (Wildman–Crippen LogP) is 3.34. The SMILES string of the molecule is Cl.N[C@@H](c1sccc1Br)C1CC1. The molecule has 0 amide bonds. The molecule has 1 saturated carbocycles. The highest BCUT2D eigenvalue weighted by molar-refractivity contribution is 9.10. The topological polar surface area (TPSA) is 26.0 Å². The van der Waals surface area contributed by atoms with Gasteiger partial charge < -0.3 is 5.73 Å². The summed E-state index contributed by atoms with van der Waals surface area (Å²) >= 11 is 5.25. The summed E-state index contributed by atoms with van der Waals surface area (Å²) in [5, 5.41) is 2.08. The maximum absolute atomic E-state index is 6.03. The molecule has 68 valence electrons. The molecule has 1 heterocycles. The summed E-state index contributed by atoms with van der Waals surface area (Å²) in [6.45, 7) is 0. The summed E-state index contributed by atoms with van der Waals surface area (Å²) in [6, 6.07) is 2.35. The molecule has 0 radical (unpaired) electrons. The van der Waals surface area contributed by atoms with Gasteiger partial charge in [-0.15, -0.1) is 23.7 Å². The molecular formula is C8H11BrClNS. The Labute approximate surface area is 90.9 Å². The molecular weight excluding hydrogens is 258 g/mol. The van der Waals surface area contributed by atoms with Crippen LogP contribution in [-0.2, 0) is 0 Å². The van der Waals surface area contributed by atoms with Gasteiger partial charge in [0.15, 0.2) is 0 Å². The lowest BCUT2D eigenvalue weighted by molar-refractivity contribution is 0.642. The minimum atomic E-state index is 0. The molecule has 1 aromatic heterocycles. The average molecular weight is 269 g/mol. The normalized spacial score (nSPS) is 18.5. The Morgan fingerprint density at radius 2 is 2.25 bits per heavy atom. The van der Waals surface area contributed by atoms with E-state index in [0.717, 1.165) is 5.92 Å². The summed E-state index contributed by atoms with van der Waals surface area (Å²) in [5.74, 6) is 0.755. The van der Waals surface area contributed by atoms with E-state index >= 15 is 0 Å². The van der Waals surface area contributed by atoms with E-state index in [4.69, 9.17) is 5.73 Å². The van der Waals surface area contributed by atoms with Crippen molar-refractivity contribution in [1.29, 1.82) is 0 Å². The van der Waals surface area contributed by atoms with E-state index in [1.165, 1.54) is 22.2 Å². The first kappa shape index (κ1) is 10.5. The third kappa shape index (κ3) is 2.02. The van der Waals surface area contributed by atoms with Gasteiger partial charge in [-0.1, -0.05) is 0 Å². The monoisotopic (exact) mass is 267 g/mol. The van der Waals surface area contributed by atoms with E-state index in [9.17, 15) is 0 Å². The fourth-order valence-corrected chi connectivity index (χ4v) is 2.95. The molecule has 12 heavy (non-hydrogen) atoms. The number of rotatable bonds is 2. The van der Waals surface area contributed by atoms with Crippen molar-refractivity contribution in [3.8, 4) is 0 Å². The molecule has 4 heteroatoms. The van der Waals surface area contributed by atoms with Crippen LogP contribution >= 0.6 is 39.7 Å². The van der Waals surface area contributed by atoms with E-state index in [0.29, 0.717) is 0 Å². The second-order valence-electron chi connectivity index (χ2n) is 3.00. The number of hydrogen-bond acceptors (Lipinski definition) is 2. The minimum Gasteiger partial charge on any atom is -0.323 e. The Kier molecular flexibility index (Phi) is 3.58. The molecule has 0 bridgehead atoms. The molecule has 1 atom stereocenters. The van der Waals surface area contributed by atoms with Crippen molar-refractivity contribution in [2.75, 3.05) is 0 Å². The first-order chi connectivity index (χ1) is 5.29. The third-order valence-corrected chi connectivity index (χ3v) is 4.05. The van der Waals surface area contributed by atoms with Gasteiger partial charge in [-0.3, -0.25) is 0 Å². The zero-order valence-electron chi connectivity index (χ0n) is 6.50. The van der Waals surface area contributed by atoms with Gasteiger partial charge in [0.05, 0.1) is 0 Å². The second-order valence-corrected chi connectivity index (χ2v) is 4.80. The van der Waals surface area contributed by atoms with Crippen LogP contribution in [0.15, 0.2) is 15.9 Å². The number of thiophene rings is 1. The van der Waals surface area contributed by atoms with Crippen LogP contribution in [0.2, 0.25) is 0 Å². The quantitative estimate of drug-likeness (QED) is 0.875. The number of nitrogens with two attached hydrogens (primary N) is 1. The maximum atomic E-state index is 6.03. The molecule has 1 aliphatic rings. The third-order valence-electron chi connectivity index (χ3n) is 2.08. The van der Waals surface area contributed by atoms with Crippen LogP contribution in [0.1, 0.15) is 23.8 Å². The fraction of sp³-hybridized carbons (Fsp3) is 0.500. The fourth-order valence-electron chi connectivity index (χ4n) is 1.21. The van der Waals surface area contributed by atoms with Crippen molar-refractivity contribution in [2.45, 2.75) is 18.9 Å². The molecule has 0 spiro atoms. The van der Waals surface area contributed by atoms with Crippen molar-refractivity contribution in [2.24, 2.45) is 11.7 Å². The van der Waals surface area contributed by atoms with Crippen LogP contribution in [0.4, 0.5) is 0 Å². The van der Waals surface area contributed by atoms with E-state index in [2.05, 4.69) is 27.4 Å². The lowest BCUT2D eigenvalue weighted by Gasteiger charge is -2.07. The lowest BCUT2D eigenvalue weighted by atomic mass is 10.2. The smallest absolute Gasteiger partial charge is 0.0429 e. The highest BCUT2D eigenvalue weighted by Crippen LogP contribution is 2.43. The standard InChI is InChI=1S/C8H10BrNS.ClH/c9-6-3-4-11-8(6)7(10)5-1-2-5;/h3-5,7H,1-2,10H2;1H/t7-;/m1./s1. The average Bonchev–Trinajstić information content (AvgIpc) is 2.74. The van der Waals surface area contributed by atoms with Crippen molar-refractivity contribution in [3.63, 3.8) is 0 Å². The number of halogens is 2. The molecule has 2 N–H and O–H groups in total. The van der Waals surface area contributed by atoms with Crippen LogP contribution in [0.3, 0.4) is 0 Å². The van der Waals surface area contributed by atoms with Gasteiger partial charge in [-0.25, -0.2) is 0 Å². The maximum Gasteiger partial charge on any atom is 0.0429 e. The summed E-state index contributed by atoms with van der Waals surface area (Å²) in [5.41, 5.74) is 6.03. The zero-order chi connectivity index (χ0) is 7.84. The van der Waals surface area contributed by atoms with Crippen LogP contribution in [0.5, 0.6) is 0 Å². The van der Waals surface area contributed by atoms with Gasteiger partial charge >= 0.3 is 0 Å². The Balaban J connectivity index is 0.000000720. The lowest BCUT2D eigenvalue weighted by Crippen LogP contribution is -2.10. The van der Waals surface area contributed by atoms with Gasteiger partial charge in [0, 0.05) is 15.4 Å². The highest BCUT2D eigenvalue weighted by atomic mass is 79.9. The highest BCUT2D eigenvalue weighted by Gasteiger charge is 2.31. The Hall–Kier alpha value is 0.430. The van der Waals surface area contributed by atoms with E-state index in [1.54, 1.807) is 11.3 Å². The first-order valence-corrected chi connectivity index (χ1v) is 5.45. The number of hydrogen-bond donors (Lipinski definition) is 1. The van der Waals surface area contributed by atoms with Gasteiger partial charge in [0.1, 0.15) is 0 Å². The molecule has 1 nitrogen and oxygen atoms in total. The Morgan fingerprint density at radius 3 is 2.67 bits per heavy atom. The van der Waals surface area contributed by atoms with Crippen LogP contribution in [0, 0.1) is 5.92 Å². The van der Waals surface area contributed by atoms with Crippen molar-refractivity contribution < 1.29 is 0 Å². The predicted molar refractivity (Wildman–Crippen MR) is 58.9 cm³/mol. The zero-order valence-corrected chi connectivity index (χ0v) is 9.71. The van der Waals surface area contributed by atoms with E-state index in [1.807, 2.05) is 0 Å². The molecule has 0 saturated heterocycles. The van der Waals surface area contributed by atoms with Crippen LogP contribution in [-0.4, -0.2) is 0 Å². The van der Waals surface area contributed by atoms with Gasteiger partial charge in [0.2, 0.25) is 0 Å². The first-order valence-electron chi connectivity index (χ1n) is 3.77. The van der Waals surface area contributed by atoms with Gasteiger partial charge in [-0.05, 0) is 46.1 Å². The molecule has 0 aromatic carbocycles. The summed E-state index contributed by atoms with van der Waals surface area (Å²) in [4.78, 5) is 1.31. The summed E-state index contributed by atoms with van der Waals surface area (Å²) in [6.07, 6.45) is 2.62. The summed E-state index contributed by atoms with van der Waals surface area (Å²) in [7, 11) is 0. The molecule has 2 rings (SSSR count). The minimum absolute atomic E-state index is 0. The van der Waals surface area contributed by atoms with Crippen molar-refractivity contribution >= 4 is 39.7 Å². The summed E-state index contributed by atoms with van der Waals surface area (Å²) < 4.78 is 1.18. The van der Waals surface area contributed by atoms with Gasteiger partial charge in [0.25, 0.3) is 0 Å². The van der Waals surface area contributed by atoms with Crippen LogP contribution in [0.25, 0.3) is 0 Å². The van der Waals surface area contributed by atoms with Crippen LogP contribution < -0.4 is 5.73 Å². The van der Waals surface area contributed by atoms with Gasteiger partial charge in [-0.2, -0.15) is 0 Å². The Bertz CT molecular complexity index is 259. The molecule has 0 unspecified atom stereocenters. The molecule has 1 fully saturated rings. The molecule has 1 aromatic rings. The van der Waals surface area contributed by atoms with Crippen molar-refractivity contribution in [3.05, 3.63) is 20.8 Å². The Morgan fingerprint density at radius 1 is 1.58 bits per heavy atom. The molecule has 1 aliphatic carbocycles. The van der Waals surface area contributed by atoms with E-state index < -0.39 is 0 Å². The van der Waals surface area contributed by atoms with Crippen molar-refractivity contribution in [1.82, 2.24) is 0 Å². The largest absolute Gasteiger partial charge is 0.323 e.